The number of fused-ring (bicyclic) bond motifs is 5. The Hall–Kier alpha value is -3.48. The number of carbonyl (C=O) groups is 4. The Balaban J connectivity index is 1.25. The van der Waals surface area contributed by atoms with Gasteiger partial charge in [-0.05, 0) is 67.3 Å². The SMILES string of the molecule is CCc1ccccc1NC(=O)COC(=O)c1cccc(N2C(=O)[C@H]3[C@H]4CC[C@@H](C4)[C@@H]3C2=O)c1. The molecule has 1 aliphatic heterocycles. The van der Waals surface area contributed by atoms with Gasteiger partial charge in [-0.3, -0.25) is 19.3 Å². The normalized spacial score (nSPS) is 25.3. The van der Waals surface area contributed by atoms with Crippen molar-refractivity contribution in [2.24, 2.45) is 23.7 Å². The molecular formula is C26H26N2O5. The molecule has 7 heteroatoms. The largest absolute Gasteiger partial charge is 0.452 e. The van der Waals surface area contributed by atoms with Crippen molar-refractivity contribution in [2.45, 2.75) is 32.6 Å². The van der Waals surface area contributed by atoms with E-state index >= 15 is 0 Å². The minimum atomic E-state index is -0.685. The Kier molecular flexibility index (Phi) is 5.48. The van der Waals surface area contributed by atoms with E-state index in [-0.39, 0.29) is 29.2 Å². The van der Waals surface area contributed by atoms with Crippen LogP contribution in [0.25, 0.3) is 0 Å². The first-order chi connectivity index (χ1) is 16.0. The quantitative estimate of drug-likeness (QED) is 0.541. The lowest BCUT2D eigenvalue weighted by Gasteiger charge is -2.19. The van der Waals surface area contributed by atoms with Gasteiger partial charge in [0.1, 0.15) is 0 Å². The van der Waals surface area contributed by atoms with Crippen molar-refractivity contribution in [3.63, 3.8) is 0 Å². The van der Waals surface area contributed by atoms with Crippen LogP contribution in [0.4, 0.5) is 11.4 Å². The van der Waals surface area contributed by atoms with E-state index < -0.39 is 18.5 Å². The van der Waals surface area contributed by atoms with E-state index in [4.69, 9.17) is 4.74 Å². The molecule has 1 heterocycles. The average Bonchev–Trinajstić information content (AvgIpc) is 3.51. The molecule has 170 valence electrons. The fourth-order valence-electron chi connectivity index (χ4n) is 5.79. The van der Waals surface area contributed by atoms with E-state index in [1.807, 2.05) is 25.1 Å². The second kappa shape index (κ2) is 8.46. The van der Waals surface area contributed by atoms with Gasteiger partial charge in [0.15, 0.2) is 6.61 Å². The van der Waals surface area contributed by atoms with Gasteiger partial charge in [-0.15, -0.1) is 0 Å². The summed E-state index contributed by atoms with van der Waals surface area (Å²) in [4.78, 5) is 52.2. The van der Waals surface area contributed by atoms with Crippen LogP contribution in [-0.2, 0) is 25.5 Å². The van der Waals surface area contributed by atoms with Crippen LogP contribution in [0.2, 0.25) is 0 Å². The van der Waals surface area contributed by atoms with Gasteiger partial charge in [-0.2, -0.15) is 0 Å². The Morgan fingerprint density at radius 1 is 1.00 bits per heavy atom. The summed E-state index contributed by atoms with van der Waals surface area (Å²) in [5, 5.41) is 2.76. The predicted octanol–water partition coefficient (Wildman–Crippen LogP) is 3.58. The maximum Gasteiger partial charge on any atom is 0.338 e. The number of carbonyl (C=O) groups excluding carboxylic acids is 4. The summed E-state index contributed by atoms with van der Waals surface area (Å²) >= 11 is 0. The van der Waals surface area contributed by atoms with E-state index in [0.717, 1.165) is 31.2 Å². The first kappa shape index (κ1) is 21.4. The van der Waals surface area contributed by atoms with Crippen LogP contribution in [0, 0.1) is 23.7 Å². The van der Waals surface area contributed by atoms with Crippen LogP contribution < -0.4 is 10.2 Å². The summed E-state index contributed by atoms with van der Waals surface area (Å²) in [7, 11) is 0. The first-order valence-corrected chi connectivity index (χ1v) is 11.5. The molecule has 0 spiro atoms. The Morgan fingerprint density at radius 2 is 1.70 bits per heavy atom. The van der Waals surface area contributed by atoms with Crippen molar-refractivity contribution in [1.82, 2.24) is 0 Å². The maximum absolute atomic E-state index is 13.0. The Morgan fingerprint density at radius 3 is 2.39 bits per heavy atom. The van der Waals surface area contributed by atoms with Crippen LogP contribution in [0.3, 0.4) is 0 Å². The molecule has 33 heavy (non-hydrogen) atoms. The number of aryl methyl sites for hydroxylation is 1. The number of benzene rings is 2. The predicted molar refractivity (Wildman–Crippen MR) is 121 cm³/mol. The molecule has 2 aromatic rings. The molecule has 2 aromatic carbocycles. The molecule has 1 saturated heterocycles. The molecule has 0 radical (unpaired) electrons. The highest BCUT2D eigenvalue weighted by Crippen LogP contribution is 2.56. The number of esters is 1. The Labute approximate surface area is 192 Å². The van der Waals surface area contributed by atoms with Gasteiger partial charge in [0.25, 0.3) is 5.91 Å². The zero-order valence-corrected chi connectivity index (χ0v) is 18.5. The van der Waals surface area contributed by atoms with Gasteiger partial charge in [-0.1, -0.05) is 31.2 Å². The fraction of sp³-hybridized carbons (Fsp3) is 0.385. The lowest BCUT2D eigenvalue weighted by Crippen LogP contribution is -2.32. The highest BCUT2D eigenvalue weighted by molar-refractivity contribution is 6.22. The zero-order valence-electron chi connectivity index (χ0n) is 18.5. The number of imide groups is 1. The maximum atomic E-state index is 13.0. The van der Waals surface area contributed by atoms with Crippen LogP contribution in [0.15, 0.2) is 48.5 Å². The molecule has 0 aromatic heterocycles. The molecule has 2 bridgehead atoms. The van der Waals surface area contributed by atoms with Crippen molar-refractivity contribution in [1.29, 1.82) is 0 Å². The Bertz CT molecular complexity index is 1120. The van der Waals surface area contributed by atoms with Crippen molar-refractivity contribution in [2.75, 3.05) is 16.8 Å². The van der Waals surface area contributed by atoms with Gasteiger partial charge in [-0.25, -0.2) is 4.79 Å². The summed E-state index contributed by atoms with van der Waals surface area (Å²) < 4.78 is 5.19. The summed E-state index contributed by atoms with van der Waals surface area (Å²) in [5.41, 5.74) is 2.25. The van der Waals surface area contributed by atoms with Crippen LogP contribution >= 0.6 is 0 Å². The number of hydrogen-bond acceptors (Lipinski definition) is 5. The smallest absolute Gasteiger partial charge is 0.338 e. The van der Waals surface area contributed by atoms with Gasteiger partial charge < -0.3 is 10.1 Å². The summed E-state index contributed by atoms with van der Waals surface area (Å²) in [6.07, 6.45) is 3.75. The minimum Gasteiger partial charge on any atom is -0.452 e. The zero-order chi connectivity index (χ0) is 23.1. The van der Waals surface area contributed by atoms with Gasteiger partial charge in [0.05, 0.1) is 23.1 Å². The molecule has 7 nitrogen and oxygen atoms in total. The topological polar surface area (TPSA) is 92.8 Å². The average molecular weight is 447 g/mol. The number of amides is 3. The summed E-state index contributed by atoms with van der Waals surface area (Å²) in [6, 6.07) is 13.8. The second-order valence-corrected chi connectivity index (χ2v) is 9.08. The number of hydrogen-bond donors (Lipinski definition) is 1. The highest BCUT2D eigenvalue weighted by Gasteiger charge is 2.61. The fourth-order valence-corrected chi connectivity index (χ4v) is 5.79. The lowest BCUT2D eigenvalue weighted by molar-refractivity contribution is -0.123. The van der Waals surface area contributed by atoms with Gasteiger partial charge in [0, 0.05) is 5.69 Å². The lowest BCUT2D eigenvalue weighted by atomic mass is 9.81. The number of rotatable bonds is 6. The monoisotopic (exact) mass is 446 g/mol. The summed E-state index contributed by atoms with van der Waals surface area (Å²) in [5.74, 6) is -1.28. The van der Waals surface area contributed by atoms with Crippen molar-refractivity contribution in [3.8, 4) is 0 Å². The molecule has 3 aliphatic rings. The number of nitrogens with one attached hydrogen (secondary N) is 1. The molecule has 5 rings (SSSR count). The van der Waals surface area contributed by atoms with E-state index in [1.165, 1.54) is 11.0 Å². The van der Waals surface area contributed by atoms with Gasteiger partial charge >= 0.3 is 5.97 Å². The molecule has 3 amide bonds. The minimum absolute atomic E-state index is 0.156. The van der Waals surface area contributed by atoms with Gasteiger partial charge in [0.2, 0.25) is 11.8 Å². The van der Waals surface area contributed by atoms with Crippen LogP contribution in [-0.4, -0.2) is 30.3 Å². The molecule has 0 unspecified atom stereocenters. The summed E-state index contributed by atoms with van der Waals surface area (Å²) in [6.45, 7) is 1.56. The van der Waals surface area contributed by atoms with Crippen LogP contribution in [0.1, 0.15) is 42.1 Å². The standard InChI is InChI=1S/C26H26N2O5/c1-2-15-6-3-4-9-20(15)27-21(29)14-33-26(32)18-7-5-8-19(13-18)28-24(30)22-16-10-11-17(12-16)23(22)25(28)31/h3-9,13,16-17,22-23H,2,10-12,14H2,1H3,(H,27,29)/t16-,17-,22-,23-/m0/s1. The van der Waals surface area contributed by atoms with E-state index in [2.05, 4.69) is 5.32 Å². The van der Waals surface area contributed by atoms with Crippen LogP contribution in [0.5, 0.6) is 0 Å². The third-order valence-corrected chi connectivity index (χ3v) is 7.27. The number of para-hydroxylation sites is 1. The van der Waals surface area contributed by atoms with E-state index in [0.29, 0.717) is 23.2 Å². The van der Waals surface area contributed by atoms with E-state index in [1.54, 1.807) is 24.3 Å². The number of nitrogens with zero attached hydrogens (tertiary/aromatic N) is 1. The number of anilines is 2. The third kappa shape index (κ3) is 3.71. The van der Waals surface area contributed by atoms with Crippen molar-refractivity contribution in [3.05, 3.63) is 59.7 Å². The third-order valence-electron chi connectivity index (χ3n) is 7.27. The molecular weight excluding hydrogens is 420 g/mol. The highest BCUT2D eigenvalue weighted by atomic mass is 16.5. The number of ether oxygens (including phenoxy) is 1. The second-order valence-electron chi connectivity index (χ2n) is 9.08. The van der Waals surface area contributed by atoms with Crippen molar-refractivity contribution < 1.29 is 23.9 Å². The molecule has 2 aliphatic carbocycles. The first-order valence-electron chi connectivity index (χ1n) is 11.5. The molecule has 2 saturated carbocycles. The molecule has 1 N–H and O–H groups in total. The molecule has 4 atom stereocenters. The molecule has 3 fully saturated rings. The van der Waals surface area contributed by atoms with Crippen molar-refractivity contribution >= 4 is 35.1 Å². The van der Waals surface area contributed by atoms with E-state index in [9.17, 15) is 19.2 Å².